The van der Waals surface area contributed by atoms with Crippen LogP contribution < -0.4 is 5.73 Å². The van der Waals surface area contributed by atoms with Crippen LogP contribution in [-0.4, -0.2) is 50.0 Å². The molecule has 2 N–H and O–H groups in total. The van der Waals surface area contributed by atoms with Gasteiger partial charge in [0.1, 0.15) is 0 Å². The quantitative estimate of drug-likeness (QED) is 0.803. The van der Waals surface area contributed by atoms with Gasteiger partial charge in [-0.05, 0) is 6.42 Å². The van der Waals surface area contributed by atoms with Crippen molar-refractivity contribution >= 4 is 0 Å². The Hall–Kier alpha value is -0.330. The van der Waals surface area contributed by atoms with Gasteiger partial charge in [-0.15, -0.1) is 0 Å². The van der Waals surface area contributed by atoms with E-state index in [0.29, 0.717) is 19.8 Å². The van der Waals surface area contributed by atoms with Gasteiger partial charge < -0.3 is 10.5 Å². The van der Waals surface area contributed by atoms with E-state index in [2.05, 4.69) is 0 Å². The monoisotopic (exact) mass is 240 g/mol. The largest absolute Gasteiger partial charge is 0.394 e. The lowest BCUT2D eigenvalue weighted by Gasteiger charge is -2.37. The maximum Gasteiger partial charge on any atom is 0.394 e. The summed E-state index contributed by atoms with van der Waals surface area (Å²) in [6.45, 7) is 3.18. The molecule has 6 heteroatoms. The van der Waals surface area contributed by atoms with Crippen molar-refractivity contribution in [1.29, 1.82) is 0 Å². The zero-order chi connectivity index (χ0) is 12.2. The van der Waals surface area contributed by atoms with Crippen molar-refractivity contribution in [3.05, 3.63) is 0 Å². The van der Waals surface area contributed by atoms with Crippen LogP contribution in [0.4, 0.5) is 13.2 Å². The second kappa shape index (κ2) is 5.84. The molecule has 0 saturated carbocycles. The molecule has 1 rings (SSSR count). The van der Waals surface area contributed by atoms with Gasteiger partial charge in [0.25, 0.3) is 0 Å². The molecule has 0 aromatic heterocycles. The molecule has 0 radical (unpaired) electrons. The summed E-state index contributed by atoms with van der Waals surface area (Å²) in [5.41, 5.74) is 5.19. The Morgan fingerprint density at radius 2 is 2.19 bits per heavy atom. The lowest BCUT2D eigenvalue weighted by molar-refractivity contribution is -0.180. The van der Waals surface area contributed by atoms with Crippen molar-refractivity contribution in [2.45, 2.75) is 25.6 Å². The van der Waals surface area contributed by atoms with Crippen molar-refractivity contribution in [3.63, 3.8) is 0 Å². The van der Waals surface area contributed by atoms with Gasteiger partial charge in [0.15, 0.2) is 0 Å². The zero-order valence-corrected chi connectivity index (χ0v) is 9.46. The van der Waals surface area contributed by atoms with E-state index in [1.54, 1.807) is 0 Å². The molecule has 1 saturated heterocycles. The molecule has 96 valence electrons. The fourth-order valence-corrected chi connectivity index (χ4v) is 1.90. The van der Waals surface area contributed by atoms with Crippen LogP contribution in [0.1, 0.15) is 13.3 Å². The molecule has 1 heterocycles. The SMILES string of the molecule is CCC1COCCN1CC(CN)C(F)(F)F. The summed E-state index contributed by atoms with van der Waals surface area (Å²) in [5, 5.41) is 0. The number of alkyl halides is 3. The number of hydrogen-bond donors (Lipinski definition) is 1. The zero-order valence-electron chi connectivity index (χ0n) is 9.46. The van der Waals surface area contributed by atoms with E-state index >= 15 is 0 Å². The van der Waals surface area contributed by atoms with E-state index < -0.39 is 12.1 Å². The van der Waals surface area contributed by atoms with Gasteiger partial charge in [-0.3, -0.25) is 4.90 Å². The van der Waals surface area contributed by atoms with Gasteiger partial charge in [-0.2, -0.15) is 13.2 Å². The Bertz CT molecular complexity index is 211. The first-order valence-corrected chi connectivity index (χ1v) is 5.57. The normalized spacial score (nSPS) is 25.7. The van der Waals surface area contributed by atoms with Crippen LogP contribution in [0.25, 0.3) is 0 Å². The highest BCUT2D eigenvalue weighted by molar-refractivity contribution is 4.79. The van der Waals surface area contributed by atoms with E-state index in [-0.39, 0.29) is 19.1 Å². The topological polar surface area (TPSA) is 38.5 Å². The molecule has 0 aromatic carbocycles. The van der Waals surface area contributed by atoms with Gasteiger partial charge in [-0.1, -0.05) is 6.92 Å². The number of rotatable bonds is 4. The van der Waals surface area contributed by atoms with Crippen molar-refractivity contribution in [2.75, 3.05) is 32.8 Å². The van der Waals surface area contributed by atoms with Crippen LogP contribution in [0, 0.1) is 5.92 Å². The van der Waals surface area contributed by atoms with Gasteiger partial charge in [-0.25, -0.2) is 0 Å². The van der Waals surface area contributed by atoms with Crippen molar-refractivity contribution in [1.82, 2.24) is 4.90 Å². The highest BCUT2D eigenvalue weighted by Crippen LogP contribution is 2.27. The summed E-state index contributed by atoms with van der Waals surface area (Å²) in [5.74, 6) is -1.43. The first kappa shape index (κ1) is 13.7. The fourth-order valence-electron chi connectivity index (χ4n) is 1.90. The molecule has 0 aliphatic carbocycles. The summed E-state index contributed by atoms with van der Waals surface area (Å²) >= 11 is 0. The third-order valence-electron chi connectivity index (χ3n) is 3.02. The second-order valence-corrected chi connectivity index (χ2v) is 4.11. The average molecular weight is 240 g/mol. The predicted molar refractivity (Wildman–Crippen MR) is 55.1 cm³/mol. The number of hydrogen-bond acceptors (Lipinski definition) is 3. The Labute approximate surface area is 93.7 Å². The van der Waals surface area contributed by atoms with Crippen LogP contribution in [-0.2, 0) is 4.74 Å². The Balaban J connectivity index is 2.55. The molecule has 2 atom stereocenters. The molecule has 1 aliphatic rings. The highest BCUT2D eigenvalue weighted by Gasteiger charge is 2.40. The molecular weight excluding hydrogens is 221 g/mol. The molecule has 16 heavy (non-hydrogen) atoms. The Kier molecular flexibility index (Phi) is 5.01. The number of ether oxygens (including phenoxy) is 1. The minimum atomic E-state index is -4.20. The van der Waals surface area contributed by atoms with E-state index in [4.69, 9.17) is 10.5 Å². The van der Waals surface area contributed by atoms with Crippen LogP contribution >= 0.6 is 0 Å². The van der Waals surface area contributed by atoms with Crippen molar-refractivity contribution in [2.24, 2.45) is 11.7 Å². The van der Waals surface area contributed by atoms with Crippen LogP contribution in [0.3, 0.4) is 0 Å². The minimum absolute atomic E-state index is 0.0120. The van der Waals surface area contributed by atoms with Crippen molar-refractivity contribution in [3.8, 4) is 0 Å². The molecular formula is C10H19F3N2O. The molecule has 0 bridgehead atoms. The number of nitrogens with two attached hydrogens (primary N) is 1. The molecule has 2 unspecified atom stereocenters. The molecule has 0 aromatic rings. The fraction of sp³-hybridized carbons (Fsp3) is 1.00. The van der Waals surface area contributed by atoms with Gasteiger partial charge in [0.2, 0.25) is 0 Å². The van der Waals surface area contributed by atoms with Gasteiger partial charge in [0, 0.05) is 25.7 Å². The third kappa shape index (κ3) is 3.61. The highest BCUT2D eigenvalue weighted by atomic mass is 19.4. The maximum absolute atomic E-state index is 12.6. The van der Waals surface area contributed by atoms with E-state index in [1.807, 2.05) is 11.8 Å². The average Bonchev–Trinajstić information content (AvgIpc) is 2.24. The summed E-state index contributed by atoms with van der Waals surface area (Å²) < 4.78 is 43.0. The van der Waals surface area contributed by atoms with Crippen LogP contribution in [0.2, 0.25) is 0 Å². The molecule has 0 spiro atoms. The summed E-state index contributed by atoms with van der Waals surface area (Å²) in [7, 11) is 0. The smallest absolute Gasteiger partial charge is 0.378 e. The number of halogens is 3. The van der Waals surface area contributed by atoms with Gasteiger partial charge >= 0.3 is 6.18 Å². The van der Waals surface area contributed by atoms with Crippen LogP contribution in [0.5, 0.6) is 0 Å². The lowest BCUT2D eigenvalue weighted by Crippen LogP contribution is -2.50. The number of morpholine rings is 1. The van der Waals surface area contributed by atoms with Crippen molar-refractivity contribution < 1.29 is 17.9 Å². The summed E-state index contributed by atoms with van der Waals surface area (Å²) in [6, 6.07) is 0.0881. The lowest BCUT2D eigenvalue weighted by atomic mass is 10.1. The Morgan fingerprint density at radius 3 is 2.69 bits per heavy atom. The van der Waals surface area contributed by atoms with E-state index in [0.717, 1.165) is 6.42 Å². The van der Waals surface area contributed by atoms with Crippen LogP contribution in [0.15, 0.2) is 0 Å². The third-order valence-corrected chi connectivity index (χ3v) is 3.02. The second-order valence-electron chi connectivity index (χ2n) is 4.11. The van der Waals surface area contributed by atoms with E-state index in [9.17, 15) is 13.2 Å². The summed E-state index contributed by atoms with van der Waals surface area (Å²) in [6.07, 6.45) is -3.40. The first-order chi connectivity index (χ1) is 7.49. The molecule has 0 amide bonds. The Morgan fingerprint density at radius 1 is 1.50 bits per heavy atom. The molecule has 3 nitrogen and oxygen atoms in total. The first-order valence-electron chi connectivity index (χ1n) is 5.57. The number of nitrogens with zero attached hydrogens (tertiary/aromatic N) is 1. The maximum atomic E-state index is 12.6. The van der Waals surface area contributed by atoms with Gasteiger partial charge in [0.05, 0.1) is 19.1 Å². The van der Waals surface area contributed by atoms with E-state index in [1.165, 1.54) is 0 Å². The predicted octanol–water partition coefficient (Wildman–Crippen LogP) is 1.23. The summed E-state index contributed by atoms with van der Waals surface area (Å²) in [4.78, 5) is 1.84. The standard InChI is InChI=1S/C10H19F3N2O/c1-2-9-7-16-4-3-15(9)6-8(5-14)10(11,12)13/h8-9H,2-7,14H2,1H3. The molecule has 1 fully saturated rings. The minimum Gasteiger partial charge on any atom is -0.378 e. The molecule has 1 aliphatic heterocycles.